The van der Waals surface area contributed by atoms with Crippen LogP contribution >= 0.6 is 0 Å². The molecule has 0 unspecified atom stereocenters. The summed E-state index contributed by atoms with van der Waals surface area (Å²) in [6.45, 7) is 4.00. The highest BCUT2D eigenvalue weighted by atomic mass is 16.5. The summed E-state index contributed by atoms with van der Waals surface area (Å²) in [7, 11) is 0. The van der Waals surface area contributed by atoms with Gasteiger partial charge in [0.15, 0.2) is 0 Å². The minimum absolute atomic E-state index is 0.0221. The fourth-order valence-corrected chi connectivity index (χ4v) is 4.53. The van der Waals surface area contributed by atoms with Crippen molar-refractivity contribution >= 4 is 5.91 Å². The zero-order valence-electron chi connectivity index (χ0n) is 17.2. The normalized spacial score (nSPS) is 18.6. The van der Waals surface area contributed by atoms with Crippen molar-refractivity contribution in [2.75, 3.05) is 19.6 Å². The molecule has 0 radical (unpaired) electrons. The molecule has 2 fully saturated rings. The summed E-state index contributed by atoms with van der Waals surface area (Å²) in [5, 5.41) is 3.22. The number of nitrogens with zero attached hydrogens (tertiary/aromatic N) is 1. The second-order valence-corrected chi connectivity index (χ2v) is 8.50. The van der Waals surface area contributed by atoms with Crippen LogP contribution in [-0.4, -0.2) is 36.5 Å². The number of hydrogen-bond donors (Lipinski definition) is 1. The van der Waals surface area contributed by atoms with Gasteiger partial charge in [0.1, 0.15) is 12.4 Å². The van der Waals surface area contributed by atoms with E-state index in [0.29, 0.717) is 12.2 Å². The number of rotatable bonds is 7. The summed E-state index contributed by atoms with van der Waals surface area (Å²) in [6.07, 6.45) is 7.73. The molecular weight excluding hydrogens is 360 g/mol. The Kier molecular flexibility index (Phi) is 6.83. The summed E-state index contributed by atoms with van der Waals surface area (Å²) in [6, 6.07) is 17.8. The first-order valence-electron chi connectivity index (χ1n) is 11.1. The molecule has 29 heavy (non-hydrogen) atoms. The van der Waals surface area contributed by atoms with Crippen molar-refractivity contribution in [3.8, 4) is 5.75 Å². The molecule has 0 bridgehead atoms. The number of hydrogen-bond acceptors (Lipinski definition) is 3. The lowest BCUT2D eigenvalue weighted by atomic mass is 10.0. The highest BCUT2D eigenvalue weighted by Gasteiger charge is 2.24. The fraction of sp³-hybridized carbons (Fsp3) is 0.480. The molecule has 1 heterocycles. The highest BCUT2D eigenvalue weighted by Crippen LogP contribution is 2.26. The first-order valence-corrected chi connectivity index (χ1v) is 11.1. The molecule has 1 saturated carbocycles. The Labute approximate surface area is 174 Å². The first kappa shape index (κ1) is 20.0. The predicted octanol–water partition coefficient (Wildman–Crippen LogP) is 4.65. The van der Waals surface area contributed by atoms with Crippen molar-refractivity contribution in [1.29, 1.82) is 0 Å². The van der Waals surface area contributed by atoms with Gasteiger partial charge in [0.25, 0.3) is 5.91 Å². The minimum atomic E-state index is 0.0221. The molecular formula is C25H32N2O2. The van der Waals surface area contributed by atoms with E-state index in [-0.39, 0.29) is 11.9 Å². The Morgan fingerprint density at radius 2 is 1.62 bits per heavy atom. The summed E-state index contributed by atoms with van der Waals surface area (Å²) in [5.41, 5.74) is 1.83. The SMILES string of the molecule is O=C(NC1CCN(CC2CCCC2)CC1)c1ccc(OCc2ccccc2)cc1. The number of carbonyl (C=O) groups is 1. The molecule has 1 N–H and O–H groups in total. The van der Waals surface area contributed by atoms with Crippen LogP contribution in [0.25, 0.3) is 0 Å². The van der Waals surface area contributed by atoms with Crippen molar-refractivity contribution < 1.29 is 9.53 Å². The Morgan fingerprint density at radius 3 is 2.31 bits per heavy atom. The summed E-state index contributed by atoms with van der Waals surface area (Å²) < 4.78 is 5.81. The Balaban J connectivity index is 1.20. The van der Waals surface area contributed by atoms with Crippen molar-refractivity contribution in [3.63, 3.8) is 0 Å². The summed E-state index contributed by atoms with van der Waals surface area (Å²) in [5.74, 6) is 1.71. The molecule has 2 aromatic carbocycles. The van der Waals surface area contributed by atoms with Crippen molar-refractivity contribution in [2.45, 2.75) is 51.2 Å². The van der Waals surface area contributed by atoms with E-state index in [1.54, 1.807) is 0 Å². The van der Waals surface area contributed by atoms with E-state index in [1.165, 1.54) is 32.2 Å². The molecule has 1 saturated heterocycles. The minimum Gasteiger partial charge on any atom is -0.489 e. The van der Waals surface area contributed by atoms with Crippen molar-refractivity contribution in [2.24, 2.45) is 5.92 Å². The van der Waals surface area contributed by atoms with Gasteiger partial charge in [-0.1, -0.05) is 43.2 Å². The first-order chi connectivity index (χ1) is 14.3. The molecule has 4 nitrogen and oxygen atoms in total. The average molecular weight is 393 g/mol. The van der Waals surface area contributed by atoms with E-state index >= 15 is 0 Å². The van der Waals surface area contributed by atoms with E-state index in [9.17, 15) is 4.79 Å². The van der Waals surface area contributed by atoms with E-state index in [4.69, 9.17) is 4.74 Å². The third-order valence-electron chi connectivity index (χ3n) is 6.28. The molecule has 2 aromatic rings. The zero-order valence-corrected chi connectivity index (χ0v) is 17.2. The summed E-state index contributed by atoms with van der Waals surface area (Å²) in [4.78, 5) is 15.2. The van der Waals surface area contributed by atoms with Gasteiger partial charge >= 0.3 is 0 Å². The summed E-state index contributed by atoms with van der Waals surface area (Å²) >= 11 is 0. The number of nitrogens with one attached hydrogen (secondary N) is 1. The number of benzene rings is 2. The molecule has 154 valence electrons. The van der Waals surface area contributed by atoms with Crippen LogP contribution in [-0.2, 0) is 6.61 Å². The average Bonchev–Trinajstić information content (AvgIpc) is 3.28. The molecule has 1 aliphatic carbocycles. The molecule has 2 aliphatic rings. The maximum Gasteiger partial charge on any atom is 0.251 e. The Morgan fingerprint density at radius 1 is 0.931 bits per heavy atom. The van der Waals surface area contributed by atoms with Gasteiger partial charge < -0.3 is 15.0 Å². The lowest BCUT2D eigenvalue weighted by Gasteiger charge is -2.33. The smallest absolute Gasteiger partial charge is 0.251 e. The van der Waals surface area contributed by atoms with Gasteiger partial charge in [-0.3, -0.25) is 4.79 Å². The van der Waals surface area contributed by atoms with Crippen LogP contribution < -0.4 is 10.1 Å². The quantitative estimate of drug-likeness (QED) is 0.746. The maximum atomic E-state index is 12.6. The molecule has 4 heteroatoms. The van der Waals surface area contributed by atoms with Gasteiger partial charge in [-0.2, -0.15) is 0 Å². The lowest BCUT2D eigenvalue weighted by molar-refractivity contribution is 0.0905. The number of piperidine rings is 1. The molecule has 1 aliphatic heterocycles. The zero-order chi connectivity index (χ0) is 19.9. The second-order valence-electron chi connectivity index (χ2n) is 8.50. The van der Waals surface area contributed by atoms with Gasteiger partial charge in [0.2, 0.25) is 0 Å². The number of carbonyl (C=O) groups excluding carboxylic acids is 1. The third kappa shape index (κ3) is 5.83. The van der Waals surface area contributed by atoms with Crippen LogP contribution in [0.4, 0.5) is 0 Å². The van der Waals surface area contributed by atoms with Gasteiger partial charge in [-0.25, -0.2) is 0 Å². The predicted molar refractivity (Wildman–Crippen MR) is 116 cm³/mol. The second kappa shape index (κ2) is 9.93. The van der Waals surface area contributed by atoms with Crippen LogP contribution in [0.5, 0.6) is 5.75 Å². The van der Waals surface area contributed by atoms with Crippen LogP contribution in [0, 0.1) is 5.92 Å². The van der Waals surface area contributed by atoms with E-state index in [2.05, 4.69) is 10.2 Å². The monoisotopic (exact) mass is 392 g/mol. The standard InChI is InChI=1S/C25H32N2O2/c28-25(26-23-14-16-27(17-15-23)18-20-6-4-5-7-20)22-10-12-24(13-11-22)29-19-21-8-2-1-3-9-21/h1-3,8-13,20,23H,4-7,14-19H2,(H,26,28). The molecule has 0 atom stereocenters. The molecule has 1 amide bonds. The van der Waals surface area contributed by atoms with Crippen molar-refractivity contribution in [1.82, 2.24) is 10.2 Å². The van der Waals surface area contributed by atoms with Crippen LogP contribution in [0.2, 0.25) is 0 Å². The molecule has 4 rings (SSSR count). The van der Waals surface area contributed by atoms with Gasteiger partial charge in [-0.05, 0) is 61.4 Å². The van der Waals surface area contributed by atoms with Gasteiger partial charge in [0.05, 0.1) is 0 Å². The third-order valence-corrected chi connectivity index (χ3v) is 6.28. The van der Waals surface area contributed by atoms with Crippen molar-refractivity contribution in [3.05, 3.63) is 65.7 Å². The number of ether oxygens (including phenoxy) is 1. The Bertz CT molecular complexity index is 761. The largest absolute Gasteiger partial charge is 0.489 e. The Hall–Kier alpha value is -2.33. The van der Waals surface area contributed by atoms with E-state index in [1.807, 2.05) is 54.6 Å². The van der Waals surface area contributed by atoms with Gasteiger partial charge in [-0.15, -0.1) is 0 Å². The molecule has 0 aromatic heterocycles. The van der Waals surface area contributed by atoms with E-state index < -0.39 is 0 Å². The highest BCUT2D eigenvalue weighted by molar-refractivity contribution is 5.94. The van der Waals surface area contributed by atoms with E-state index in [0.717, 1.165) is 43.2 Å². The van der Waals surface area contributed by atoms with Crippen LogP contribution in [0.15, 0.2) is 54.6 Å². The van der Waals surface area contributed by atoms with Gasteiger partial charge in [0, 0.05) is 31.2 Å². The maximum absolute atomic E-state index is 12.6. The van der Waals surface area contributed by atoms with Crippen LogP contribution in [0.1, 0.15) is 54.4 Å². The van der Waals surface area contributed by atoms with Crippen LogP contribution in [0.3, 0.4) is 0 Å². The topological polar surface area (TPSA) is 41.6 Å². The fourth-order valence-electron chi connectivity index (χ4n) is 4.53. The lowest BCUT2D eigenvalue weighted by Crippen LogP contribution is -2.45. The molecule has 0 spiro atoms. The number of likely N-dealkylation sites (tertiary alicyclic amines) is 1. The number of amides is 1.